The molecule has 3 unspecified atom stereocenters. The fraction of sp³-hybridized carbons (Fsp3) is 0.821. The zero-order valence-electron chi connectivity index (χ0n) is 20.1. The van der Waals surface area contributed by atoms with Crippen molar-refractivity contribution in [2.24, 2.45) is 11.8 Å². The van der Waals surface area contributed by atoms with Gasteiger partial charge < -0.3 is 4.90 Å². The van der Waals surface area contributed by atoms with E-state index in [0.29, 0.717) is 17.9 Å². The molecule has 1 heterocycles. The van der Waals surface area contributed by atoms with Crippen LogP contribution in [0.5, 0.6) is 0 Å². The van der Waals surface area contributed by atoms with Crippen molar-refractivity contribution in [2.45, 2.75) is 129 Å². The zero-order chi connectivity index (χ0) is 21.4. The van der Waals surface area contributed by atoms with E-state index in [1.165, 1.54) is 103 Å². The summed E-state index contributed by atoms with van der Waals surface area (Å²) in [5.74, 6) is 1.06. The summed E-state index contributed by atoms with van der Waals surface area (Å²) in [6.07, 6.45) is 31.6. The third-order valence-electron chi connectivity index (χ3n) is 7.19. The van der Waals surface area contributed by atoms with Gasteiger partial charge >= 0.3 is 0 Å². The summed E-state index contributed by atoms with van der Waals surface area (Å²) in [6.45, 7) is 5.47. The lowest BCUT2D eigenvalue weighted by Crippen LogP contribution is -2.35. The van der Waals surface area contributed by atoms with Gasteiger partial charge in [-0.3, -0.25) is 4.79 Å². The quantitative estimate of drug-likeness (QED) is 0.206. The van der Waals surface area contributed by atoms with E-state index in [4.69, 9.17) is 0 Å². The Hall–Kier alpha value is -1.05. The Morgan fingerprint density at radius 2 is 1.17 bits per heavy atom. The van der Waals surface area contributed by atoms with Crippen molar-refractivity contribution in [1.29, 1.82) is 0 Å². The van der Waals surface area contributed by atoms with Crippen LogP contribution in [0.25, 0.3) is 0 Å². The molecule has 0 aromatic rings. The smallest absolute Gasteiger partial charge is 0.226 e. The van der Waals surface area contributed by atoms with Gasteiger partial charge in [-0.15, -0.1) is 0 Å². The fourth-order valence-corrected chi connectivity index (χ4v) is 5.30. The number of allylic oxidation sites excluding steroid dienone is 2. The first kappa shape index (κ1) is 25.2. The first-order chi connectivity index (χ1) is 14.8. The molecule has 3 atom stereocenters. The van der Waals surface area contributed by atoms with Gasteiger partial charge in [0.1, 0.15) is 0 Å². The largest absolute Gasteiger partial charge is 0.335 e. The number of amides is 1. The van der Waals surface area contributed by atoms with Gasteiger partial charge in [0.05, 0.1) is 6.04 Å². The Labute approximate surface area is 187 Å². The van der Waals surface area contributed by atoms with Crippen molar-refractivity contribution in [3.05, 3.63) is 24.3 Å². The molecule has 172 valence electrons. The van der Waals surface area contributed by atoms with E-state index >= 15 is 0 Å². The molecule has 0 spiro atoms. The van der Waals surface area contributed by atoms with E-state index in [1.54, 1.807) is 0 Å². The molecule has 1 fully saturated rings. The number of rotatable bonds is 18. The van der Waals surface area contributed by atoms with Crippen molar-refractivity contribution < 1.29 is 4.79 Å². The van der Waals surface area contributed by atoms with Gasteiger partial charge in [0.15, 0.2) is 0 Å². The Bertz CT molecular complexity index is 509. The highest BCUT2D eigenvalue weighted by Crippen LogP contribution is 2.38. The summed E-state index contributed by atoms with van der Waals surface area (Å²) in [7, 11) is 0. The highest BCUT2D eigenvalue weighted by Gasteiger charge is 2.45. The number of hydrogen-bond acceptors (Lipinski definition) is 1. The molecule has 1 aliphatic carbocycles. The summed E-state index contributed by atoms with van der Waals surface area (Å²) in [6, 6.07) is 0.325. The molecule has 0 aromatic heterocycles. The molecular formula is C28H49NO. The molecule has 0 bridgehead atoms. The van der Waals surface area contributed by atoms with E-state index in [9.17, 15) is 4.79 Å². The molecule has 1 saturated heterocycles. The molecular weight excluding hydrogens is 366 g/mol. The van der Waals surface area contributed by atoms with Crippen LogP contribution in [0.4, 0.5) is 0 Å². The molecule has 2 heteroatoms. The predicted octanol–water partition coefficient (Wildman–Crippen LogP) is 8.23. The molecule has 1 amide bonds. The lowest BCUT2D eigenvalue weighted by molar-refractivity contribution is -0.132. The van der Waals surface area contributed by atoms with Gasteiger partial charge in [-0.2, -0.15) is 0 Å². The second-order valence-corrected chi connectivity index (χ2v) is 9.71. The van der Waals surface area contributed by atoms with E-state index in [2.05, 4.69) is 43.1 Å². The number of unbranched alkanes of at least 4 members (excludes halogenated alkanes) is 14. The topological polar surface area (TPSA) is 20.3 Å². The SMILES string of the molecule is CCCCCCCCCCCCCCCCN1C(=O)C(CCCC)C2C=CC=CC21. The van der Waals surface area contributed by atoms with Crippen LogP contribution in [0.2, 0.25) is 0 Å². The number of carbonyl (C=O) groups is 1. The standard InChI is InChI=1S/C28H49NO/c1-3-5-7-8-9-10-11-12-13-14-15-16-17-20-24-29-27-23-19-18-22-25(27)26(28(29)30)21-6-4-2/h18-19,22-23,25-27H,3-17,20-21,24H2,1-2H3. The lowest BCUT2D eigenvalue weighted by Gasteiger charge is -2.26. The van der Waals surface area contributed by atoms with E-state index < -0.39 is 0 Å². The first-order valence-electron chi connectivity index (χ1n) is 13.4. The molecule has 30 heavy (non-hydrogen) atoms. The third kappa shape index (κ3) is 8.60. The number of carbonyl (C=O) groups excluding carboxylic acids is 1. The van der Waals surface area contributed by atoms with Crippen LogP contribution in [0, 0.1) is 11.8 Å². The van der Waals surface area contributed by atoms with Gasteiger partial charge in [0.25, 0.3) is 0 Å². The predicted molar refractivity (Wildman–Crippen MR) is 131 cm³/mol. The molecule has 2 rings (SSSR count). The van der Waals surface area contributed by atoms with Crippen molar-refractivity contribution >= 4 is 5.91 Å². The van der Waals surface area contributed by atoms with Gasteiger partial charge in [0, 0.05) is 18.4 Å². The second kappa shape index (κ2) is 15.7. The number of nitrogens with zero attached hydrogens (tertiary/aromatic N) is 1. The normalized spacial score (nSPS) is 22.8. The second-order valence-electron chi connectivity index (χ2n) is 9.71. The molecule has 0 N–H and O–H groups in total. The van der Waals surface area contributed by atoms with E-state index in [1.807, 2.05) is 0 Å². The van der Waals surface area contributed by atoms with Crippen LogP contribution in [0.15, 0.2) is 24.3 Å². The van der Waals surface area contributed by atoms with Gasteiger partial charge in [-0.1, -0.05) is 134 Å². The van der Waals surface area contributed by atoms with Gasteiger partial charge in [0.2, 0.25) is 5.91 Å². The zero-order valence-corrected chi connectivity index (χ0v) is 20.1. The minimum atomic E-state index is 0.225. The van der Waals surface area contributed by atoms with Crippen molar-refractivity contribution in [2.75, 3.05) is 6.54 Å². The Balaban J connectivity index is 1.50. The monoisotopic (exact) mass is 415 g/mol. The van der Waals surface area contributed by atoms with Crippen LogP contribution in [0.3, 0.4) is 0 Å². The first-order valence-corrected chi connectivity index (χ1v) is 13.4. The Morgan fingerprint density at radius 3 is 1.73 bits per heavy atom. The van der Waals surface area contributed by atoms with Crippen LogP contribution in [-0.2, 0) is 4.79 Å². The summed E-state index contributed by atoms with van der Waals surface area (Å²) in [5.41, 5.74) is 0. The number of hydrogen-bond donors (Lipinski definition) is 0. The third-order valence-corrected chi connectivity index (χ3v) is 7.19. The fourth-order valence-electron chi connectivity index (χ4n) is 5.30. The maximum absolute atomic E-state index is 13.0. The van der Waals surface area contributed by atoms with Gasteiger partial charge in [-0.25, -0.2) is 0 Å². The average Bonchev–Trinajstić information content (AvgIpc) is 3.03. The van der Waals surface area contributed by atoms with Crippen LogP contribution in [0.1, 0.15) is 123 Å². The Morgan fingerprint density at radius 1 is 0.667 bits per heavy atom. The maximum Gasteiger partial charge on any atom is 0.226 e. The van der Waals surface area contributed by atoms with Gasteiger partial charge in [-0.05, 0) is 12.8 Å². The summed E-state index contributed by atoms with van der Waals surface area (Å²) >= 11 is 0. The van der Waals surface area contributed by atoms with Crippen LogP contribution < -0.4 is 0 Å². The molecule has 0 aromatic carbocycles. The maximum atomic E-state index is 13.0. The van der Waals surface area contributed by atoms with Crippen molar-refractivity contribution in [3.63, 3.8) is 0 Å². The van der Waals surface area contributed by atoms with E-state index in [0.717, 1.165) is 13.0 Å². The van der Waals surface area contributed by atoms with Crippen LogP contribution >= 0.6 is 0 Å². The minimum Gasteiger partial charge on any atom is -0.335 e. The summed E-state index contributed by atoms with van der Waals surface area (Å²) < 4.78 is 0. The average molecular weight is 416 g/mol. The minimum absolute atomic E-state index is 0.225. The molecule has 0 radical (unpaired) electrons. The van der Waals surface area contributed by atoms with Crippen LogP contribution in [-0.4, -0.2) is 23.4 Å². The molecule has 2 aliphatic rings. The van der Waals surface area contributed by atoms with Crippen molar-refractivity contribution in [3.8, 4) is 0 Å². The molecule has 0 saturated carbocycles. The molecule has 1 aliphatic heterocycles. The van der Waals surface area contributed by atoms with Crippen molar-refractivity contribution in [1.82, 2.24) is 4.90 Å². The molecule has 2 nitrogen and oxygen atoms in total. The summed E-state index contributed by atoms with van der Waals surface area (Å²) in [5, 5.41) is 0. The highest BCUT2D eigenvalue weighted by atomic mass is 16.2. The highest BCUT2D eigenvalue weighted by molar-refractivity contribution is 5.83. The Kier molecular flexibility index (Phi) is 13.2. The number of likely N-dealkylation sites (tertiary alicyclic amines) is 1. The lowest BCUT2D eigenvalue weighted by atomic mass is 9.84. The summed E-state index contributed by atoms with van der Waals surface area (Å²) in [4.78, 5) is 15.2. The number of fused-ring (bicyclic) bond motifs is 1. The van der Waals surface area contributed by atoms with E-state index in [-0.39, 0.29) is 5.92 Å².